The van der Waals surface area contributed by atoms with Gasteiger partial charge in [0.2, 0.25) is 0 Å². The molecule has 5 N–H and O–H groups in total. The van der Waals surface area contributed by atoms with E-state index in [0.717, 1.165) is 11.8 Å². The Morgan fingerprint density at radius 1 is 1.53 bits per heavy atom. The van der Waals surface area contributed by atoms with Gasteiger partial charge in [0.25, 0.3) is 5.69 Å². The van der Waals surface area contributed by atoms with Gasteiger partial charge in [0, 0.05) is 22.4 Å². The summed E-state index contributed by atoms with van der Waals surface area (Å²) in [5, 5.41) is 18.4. The van der Waals surface area contributed by atoms with Gasteiger partial charge in [0.1, 0.15) is 0 Å². The molecule has 0 unspecified atom stereocenters. The minimum absolute atomic E-state index is 0. The fourth-order valence-corrected chi connectivity index (χ4v) is 2.00. The summed E-state index contributed by atoms with van der Waals surface area (Å²) in [6.45, 7) is 0. The summed E-state index contributed by atoms with van der Waals surface area (Å²) in [7, 11) is 0. The van der Waals surface area contributed by atoms with Crippen LogP contribution in [0.3, 0.4) is 0 Å². The Hall–Kier alpha value is -1.51. The summed E-state index contributed by atoms with van der Waals surface area (Å²) < 4.78 is 0. The molecule has 0 amide bonds. The normalized spacial score (nSPS) is 9.32. The first-order chi connectivity index (χ1) is 8.40. The lowest BCUT2D eigenvalue weighted by Crippen LogP contribution is -2.23. The lowest BCUT2D eigenvalue weighted by Gasteiger charge is -2.02. The van der Waals surface area contributed by atoms with E-state index in [0.29, 0.717) is 5.56 Å². The number of guanidine groups is 1. The fourth-order valence-electron chi connectivity index (χ4n) is 1.12. The number of thioether (sulfide) groups is 1. The monoisotopic (exact) mass is 323 g/mol. The van der Waals surface area contributed by atoms with Crippen LogP contribution in [0.2, 0.25) is 5.02 Å². The third-order valence-electron chi connectivity index (χ3n) is 1.84. The second kappa shape index (κ2) is 7.82. The van der Waals surface area contributed by atoms with Crippen molar-refractivity contribution < 1.29 is 4.92 Å². The van der Waals surface area contributed by atoms with E-state index in [2.05, 4.69) is 4.99 Å². The van der Waals surface area contributed by atoms with Crippen LogP contribution in [-0.4, -0.2) is 16.1 Å². The lowest BCUT2D eigenvalue weighted by atomic mass is 10.2. The Bertz CT molecular complexity index is 519. The molecular weight excluding hydrogens is 313 g/mol. The van der Waals surface area contributed by atoms with Gasteiger partial charge in [-0.05, 0) is 12.1 Å². The van der Waals surface area contributed by atoms with Crippen LogP contribution in [0.1, 0.15) is 5.56 Å². The van der Waals surface area contributed by atoms with Crippen molar-refractivity contribution in [2.45, 2.75) is 5.75 Å². The minimum atomic E-state index is -0.522. The first kappa shape index (κ1) is 17.5. The number of nitrogens with one attached hydrogen (secondary N) is 1. The van der Waals surface area contributed by atoms with E-state index in [4.69, 9.17) is 28.5 Å². The number of nitrogens with zero attached hydrogens (tertiary/aromatic N) is 2. The van der Waals surface area contributed by atoms with Gasteiger partial charge >= 0.3 is 0 Å². The van der Waals surface area contributed by atoms with Crippen molar-refractivity contribution in [2.24, 2.45) is 16.5 Å². The molecule has 104 valence electrons. The Kier molecular flexibility index (Phi) is 7.20. The Morgan fingerprint density at radius 3 is 2.68 bits per heavy atom. The Morgan fingerprint density at radius 2 is 2.16 bits per heavy atom. The zero-order valence-electron chi connectivity index (χ0n) is 9.50. The van der Waals surface area contributed by atoms with Crippen LogP contribution in [-0.2, 0) is 5.75 Å². The van der Waals surface area contributed by atoms with Crippen molar-refractivity contribution in [1.29, 1.82) is 5.41 Å². The van der Waals surface area contributed by atoms with E-state index in [1.165, 1.54) is 12.1 Å². The zero-order chi connectivity index (χ0) is 13.7. The summed E-state index contributed by atoms with van der Waals surface area (Å²) in [5.74, 6) is -0.0126. The molecule has 0 radical (unpaired) electrons. The van der Waals surface area contributed by atoms with Gasteiger partial charge in [-0.15, -0.1) is 12.4 Å². The lowest BCUT2D eigenvalue weighted by molar-refractivity contribution is -0.385. The fraction of sp³-hybridized carbons (Fsp3) is 0.111. The molecule has 0 saturated heterocycles. The summed E-state index contributed by atoms with van der Waals surface area (Å²) in [5.41, 5.74) is 10.6. The van der Waals surface area contributed by atoms with Gasteiger partial charge < -0.3 is 11.5 Å². The summed E-state index contributed by atoms with van der Waals surface area (Å²) in [6, 6.07) is 4.35. The molecule has 1 aromatic carbocycles. The average molecular weight is 324 g/mol. The molecule has 1 rings (SSSR count). The van der Waals surface area contributed by atoms with E-state index in [9.17, 15) is 10.1 Å². The van der Waals surface area contributed by atoms with Gasteiger partial charge in [-0.1, -0.05) is 23.4 Å². The number of rotatable bonds is 3. The molecule has 0 fully saturated rings. The molecule has 0 aromatic heterocycles. The van der Waals surface area contributed by atoms with Crippen LogP contribution in [0.15, 0.2) is 23.2 Å². The quantitative estimate of drug-likeness (QED) is 0.339. The predicted octanol–water partition coefficient (Wildman–Crippen LogP) is 2.11. The highest BCUT2D eigenvalue weighted by Gasteiger charge is 2.14. The standard InChI is InChI=1S/C9H10ClN5O2S.ClH/c10-6-2-1-5(7(3-6)15(16)17)4-18-9(13)14-8(11)12;/h1-3H,4H2,(H5,11,12,13,14);1H. The first-order valence-electron chi connectivity index (χ1n) is 4.64. The molecule has 7 nitrogen and oxygen atoms in total. The van der Waals surface area contributed by atoms with Crippen LogP contribution in [0, 0.1) is 15.5 Å². The van der Waals surface area contributed by atoms with E-state index in [1.807, 2.05) is 0 Å². The molecular formula is C9H11Cl2N5O2S. The molecule has 0 aliphatic heterocycles. The third-order valence-corrected chi connectivity index (χ3v) is 2.89. The number of amidine groups is 1. The highest BCUT2D eigenvalue weighted by Crippen LogP contribution is 2.27. The van der Waals surface area contributed by atoms with Crippen LogP contribution in [0.5, 0.6) is 0 Å². The smallest absolute Gasteiger partial charge is 0.274 e. The van der Waals surface area contributed by atoms with E-state index >= 15 is 0 Å². The van der Waals surface area contributed by atoms with Gasteiger partial charge in [0.05, 0.1) is 4.92 Å². The van der Waals surface area contributed by atoms with Crippen molar-refractivity contribution >= 4 is 52.6 Å². The largest absolute Gasteiger partial charge is 0.370 e. The number of hydrogen-bond acceptors (Lipinski definition) is 4. The van der Waals surface area contributed by atoms with Crippen molar-refractivity contribution in [3.8, 4) is 0 Å². The van der Waals surface area contributed by atoms with Gasteiger partial charge in [-0.25, -0.2) is 0 Å². The number of hydrogen-bond donors (Lipinski definition) is 3. The molecule has 1 aromatic rings. The highest BCUT2D eigenvalue weighted by atomic mass is 35.5. The van der Waals surface area contributed by atoms with E-state index < -0.39 is 4.92 Å². The van der Waals surface area contributed by atoms with Crippen LogP contribution >= 0.6 is 35.8 Å². The average Bonchev–Trinajstić information content (AvgIpc) is 2.26. The number of aliphatic imine (C=N–C) groups is 1. The van der Waals surface area contributed by atoms with Crippen molar-refractivity contribution in [2.75, 3.05) is 0 Å². The molecule has 0 aliphatic carbocycles. The first-order valence-corrected chi connectivity index (χ1v) is 6.00. The van der Waals surface area contributed by atoms with E-state index in [1.54, 1.807) is 6.07 Å². The molecule has 0 saturated carbocycles. The third kappa shape index (κ3) is 5.77. The van der Waals surface area contributed by atoms with Crippen LogP contribution < -0.4 is 11.5 Å². The molecule has 0 atom stereocenters. The Labute approximate surface area is 124 Å². The molecule has 0 spiro atoms. The molecule has 0 aliphatic rings. The number of halogens is 2. The number of benzene rings is 1. The summed E-state index contributed by atoms with van der Waals surface area (Å²) >= 11 is 6.67. The van der Waals surface area contributed by atoms with Crippen LogP contribution in [0.25, 0.3) is 0 Å². The van der Waals surface area contributed by atoms with Crippen LogP contribution in [0.4, 0.5) is 5.69 Å². The maximum atomic E-state index is 10.8. The van der Waals surface area contributed by atoms with Gasteiger partial charge in [-0.3, -0.25) is 15.5 Å². The van der Waals surface area contributed by atoms with Crippen molar-refractivity contribution in [1.82, 2.24) is 0 Å². The topological polar surface area (TPSA) is 131 Å². The summed E-state index contributed by atoms with van der Waals surface area (Å²) in [4.78, 5) is 13.8. The maximum absolute atomic E-state index is 10.8. The van der Waals surface area contributed by atoms with Crippen molar-refractivity contribution in [3.05, 3.63) is 38.9 Å². The molecule has 0 heterocycles. The number of nitrogens with two attached hydrogens (primary N) is 2. The maximum Gasteiger partial charge on any atom is 0.274 e. The second-order valence-electron chi connectivity index (χ2n) is 3.16. The highest BCUT2D eigenvalue weighted by molar-refractivity contribution is 8.13. The van der Waals surface area contributed by atoms with Gasteiger partial charge in [0.15, 0.2) is 11.1 Å². The summed E-state index contributed by atoms with van der Waals surface area (Å²) in [6.07, 6.45) is 0. The second-order valence-corrected chi connectivity index (χ2v) is 4.56. The SMILES string of the molecule is Cl.N=C(N=C(N)N)SCc1ccc(Cl)cc1[N+](=O)[O-]. The molecule has 19 heavy (non-hydrogen) atoms. The van der Waals surface area contributed by atoms with E-state index in [-0.39, 0.29) is 40.0 Å². The zero-order valence-corrected chi connectivity index (χ0v) is 11.9. The minimum Gasteiger partial charge on any atom is -0.370 e. The molecule has 0 bridgehead atoms. The molecule has 10 heteroatoms. The number of nitro benzene ring substituents is 1. The van der Waals surface area contributed by atoms with Crippen molar-refractivity contribution in [3.63, 3.8) is 0 Å². The predicted molar refractivity (Wildman–Crippen MR) is 80.2 cm³/mol. The number of nitro groups is 1. The van der Waals surface area contributed by atoms with Gasteiger partial charge in [-0.2, -0.15) is 4.99 Å². The Balaban J connectivity index is 0.00000324.